The fourth-order valence-corrected chi connectivity index (χ4v) is 2.59. The molecule has 6 heteroatoms. The fraction of sp³-hybridized carbons (Fsp3) is 0.300. The lowest BCUT2D eigenvalue weighted by Gasteiger charge is -2.06. The first-order chi connectivity index (χ1) is 7.57. The third-order valence-corrected chi connectivity index (χ3v) is 3.73. The van der Waals surface area contributed by atoms with Crippen molar-refractivity contribution in [3.63, 3.8) is 0 Å². The summed E-state index contributed by atoms with van der Waals surface area (Å²) in [7, 11) is 0. The molecule has 0 saturated heterocycles. The Bertz CT molecular complexity index is 398. The van der Waals surface area contributed by atoms with E-state index in [1.807, 2.05) is 0 Å². The van der Waals surface area contributed by atoms with Crippen LogP contribution in [0.25, 0.3) is 0 Å². The zero-order valence-corrected chi connectivity index (χ0v) is 10.6. The third-order valence-electron chi connectivity index (χ3n) is 1.84. The van der Waals surface area contributed by atoms with E-state index >= 15 is 0 Å². The highest BCUT2D eigenvalue weighted by atomic mass is 79.9. The van der Waals surface area contributed by atoms with Crippen molar-refractivity contribution in [2.45, 2.75) is 11.3 Å². The Hall–Kier alpha value is -0.590. The molecule has 2 N–H and O–H groups in total. The van der Waals surface area contributed by atoms with Gasteiger partial charge in [-0.05, 0) is 34.5 Å². The van der Waals surface area contributed by atoms with E-state index in [0.29, 0.717) is 17.1 Å². The van der Waals surface area contributed by atoms with Crippen LogP contribution in [0.4, 0.5) is 4.39 Å². The first-order valence-electron chi connectivity index (χ1n) is 4.53. The molecule has 1 aromatic carbocycles. The topological polar surface area (TPSA) is 57.5 Å². The SMILES string of the molecule is O=C(O)c1ccc(SCCCO)c(F)c1Br. The molecule has 88 valence electrons. The number of benzene rings is 1. The molecule has 0 bridgehead atoms. The highest BCUT2D eigenvalue weighted by Crippen LogP contribution is 2.30. The van der Waals surface area contributed by atoms with Gasteiger partial charge in [-0.1, -0.05) is 0 Å². The van der Waals surface area contributed by atoms with Crippen LogP contribution in [0.3, 0.4) is 0 Å². The largest absolute Gasteiger partial charge is 0.478 e. The second-order valence-electron chi connectivity index (χ2n) is 2.97. The molecule has 0 saturated carbocycles. The molecule has 0 aromatic heterocycles. The van der Waals surface area contributed by atoms with E-state index in [9.17, 15) is 9.18 Å². The van der Waals surface area contributed by atoms with Crippen LogP contribution < -0.4 is 0 Å². The maximum atomic E-state index is 13.7. The van der Waals surface area contributed by atoms with Crippen LogP contribution in [0.5, 0.6) is 0 Å². The predicted octanol–water partition coefficient (Wildman–Crippen LogP) is 2.76. The summed E-state index contributed by atoms with van der Waals surface area (Å²) < 4.78 is 13.6. The van der Waals surface area contributed by atoms with Crippen LogP contribution in [-0.4, -0.2) is 28.5 Å². The van der Waals surface area contributed by atoms with E-state index in [1.54, 1.807) is 0 Å². The average molecular weight is 309 g/mol. The van der Waals surface area contributed by atoms with Gasteiger partial charge in [0.25, 0.3) is 0 Å². The monoisotopic (exact) mass is 308 g/mol. The van der Waals surface area contributed by atoms with Gasteiger partial charge in [0.05, 0.1) is 10.0 Å². The van der Waals surface area contributed by atoms with Gasteiger partial charge in [-0.15, -0.1) is 11.8 Å². The first-order valence-corrected chi connectivity index (χ1v) is 6.30. The van der Waals surface area contributed by atoms with Crippen LogP contribution >= 0.6 is 27.7 Å². The van der Waals surface area contributed by atoms with Gasteiger partial charge in [0.2, 0.25) is 0 Å². The number of hydrogen-bond donors (Lipinski definition) is 2. The molecule has 0 unspecified atom stereocenters. The van der Waals surface area contributed by atoms with Crippen LogP contribution in [0.15, 0.2) is 21.5 Å². The molecule has 1 rings (SSSR count). The molecule has 0 aliphatic rings. The smallest absolute Gasteiger partial charge is 0.336 e. The van der Waals surface area contributed by atoms with Gasteiger partial charge in [0.1, 0.15) is 0 Å². The van der Waals surface area contributed by atoms with Crippen molar-refractivity contribution in [1.29, 1.82) is 0 Å². The molecule has 0 fully saturated rings. The first kappa shape index (κ1) is 13.5. The van der Waals surface area contributed by atoms with Gasteiger partial charge in [-0.2, -0.15) is 0 Å². The molecule has 0 radical (unpaired) electrons. The molecular weight excluding hydrogens is 299 g/mol. The fourth-order valence-electron chi connectivity index (χ4n) is 1.06. The summed E-state index contributed by atoms with van der Waals surface area (Å²) >= 11 is 4.17. The van der Waals surface area contributed by atoms with Crippen LogP contribution in [0.1, 0.15) is 16.8 Å². The maximum Gasteiger partial charge on any atom is 0.336 e. The van der Waals surface area contributed by atoms with Gasteiger partial charge in [-0.3, -0.25) is 0 Å². The number of carboxylic acids is 1. The highest BCUT2D eigenvalue weighted by Gasteiger charge is 2.15. The summed E-state index contributed by atoms with van der Waals surface area (Å²) in [6.07, 6.45) is 0.572. The van der Waals surface area contributed by atoms with Crippen LogP contribution in [-0.2, 0) is 0 Å². The normalized spacial score (nSPS) is 10.4. The third kappa shape index (κ3) is 3.20. The quantitative estimate of drug-likeness (QED) is 0.649. The molecule has 0 heterocycles. The van der Waals surface area contributed by atoms with Gasteiger partial charge in [-0.25, -0.2) is 9.18 Å². The number of aliphatic hydroxyl groups is 1. The predicted molar refractivity (Wildman–Crippen MR) is 63.5 cm³/mol. The Morgan fingerprint density at radius 1 is 1.50 bits per heavy atom. The van der Waals surface area contributed by atoms with E-state index < -0.39 is 11.8 Å². The minimum Gasteiger partial charge on any atom is -0.478 e. The van der Waals surface area contributed by atoms with Gasteiger partial charge in [0, 0.05) is 17.3 Å². The lowest BCUT2D eigenvalue weighted by molar-refractivity contribution is 0.0695. The number of rotatable bonds is 5. The van der Waals surface area contributed by atoms with Crippen molar-refractivity contribution < 1.29 is 19.4 Å². The van der Waals surface area contributed by atoms with Gasteiger partial charge < -0.3 is 10.2 Å². The number of aliphatic hydroxyl groups excluding tert-OH is 1. The summed E-state index contributed by atoms with van der Waals surface area (Å²) in [4.78, 5) is 11.1. The Morgan fingerprint density at radius 2 is 2.19 bits per heavy atom. The lowest BCUT2D eigenvalue weighted by Crippen LogP contribution is -2.00. The van der Waals surface area contributed by atoms with E-state index in [0.717, 1.165) is 0 Å². The van der Waals surface area contributed by atoms with E-state index in [1.165, 1.54) is 23.9 Å². The zero-order chi connectivity index (χ0) is 12.1. The molecule has 3 nitrogen and oxygen atoms in total. The minimum atomic E-state index is -1.17. The van der Waals surface area contributed by atoms with Crippen molar-refractivity contribution in [3.05, 3.63) is 28.0 Å². The summed E-state index contributed by atoms with van der Waals surface area (Å²) in [5.41, 5.74) is -0.0935. The molecule has 16 heavy (non-hydrogen) atoms. The number of carbonyl (C=O) groups is 1. The van der Waals surface area contributed by atoms with Crippen molar-refractivity contribution in [2.24, 2.45) is 0 Å². The van der Waals surface area contributed by atoms with Gasteiger partial charge in [0.15, 0.2) is 5.82 Å². The molecule has 0 aliphatic heterocycles. The van der Waals surface area contributed by atoms with Crippen molar-refractivity contribution in [1.82, 2.24) is 0 Å². The maximum absolute atomic E-state index is 13.7. The van der Waals surface area contributed by atoms with E-state index in [-0.39, 0.29) is 16.6 Å². The summed E-state index contributed by atoms with van der Waals surface area (Å²) in [6.45, 7) is 0.0585. The second-order valence-corrected chi connectivity index (χ2v) is 4.90. The number of halogens is 2. The highest BCUT2D eigenvalue weighted by molar-refractivity contribution is 9.10. The minimum absolute atomic E-state index is 0.0333. The van der Waals surface area contributed by atoms with Crippen LogP contribution in [0.2, 0.25) is 0 Å². The summed E-state index contributed by atoms with van der Waals surface area (Å²) in [5, 5.41) is 17.3. The molecule has 0 spiro atoms. The van der Waals surface area contributed by atoms with Crippen molar-refractivity contribution in [3.8, 4) is 0 Å². The molecule has 1 aromatic rings. The zero-order valence-electron chi connectivity index (χ0n) is 8.24. The average Bonchev–Trinajstić information content (AvgIpc) is 2.24. The Labute approximate surface area is 105 Å². The molecule has 0 amide bonds. The van der Waals surface area contributed by atoms with Crippen molar-refractivity contribution in [2.75, 3.05) is 12.4 Å². The number of hydrogen-bond acceptors (Lipinski definition) is 3. The number of thioether (sulfide) groups is 1. The molecular formula is C10H10BrFO3S. The lowest BCUT2D eigenvalue weighted by atomic mass is 10.2. The second kappa shape index (κ2) is 6.22. The van der Waals surface area contributed by atoms with E-state index in [4.69, 9.17) is 10.2 Å². The molecule has 0 atom stereocenters. The van der Waals surface area contributed by atoms with Gasteiger partial charge >= 0.3 is 5.97 Å². The van der Waals surface area contributed by atoms with Crippen LogP contribution in [0, 0.1) is 5.82 Å². The summed E-state index contributed by atoms with van der Waals surface area (Å²) in [5.74, 6) is -1.15. The number of carboxylic acid groups (broad SMARTS) is 1. The van der Waals surface area contributed by atoms with Crippen molar-refractivity contribution >= 4 is 33.7 Å². The summed E-state index contributed by atoms with van der Waals surface area (Å²) in [6, 6.07) is 2.79. The number of aromatic carboxylic acids is 1. The standard InChI is InChI=1S/C10H10BrFO3S/c11-8-6(10(14)15)2-3-7(9(8)12)16-5-1-4-13/h2-3,13H,1,4-5H2,(H,14,15). The molecule has 0 aliphatic carbocycles. The Kier molecular flexibility index (Phi) is 5.24. The van der Waals surface area contributed by atoms with E-state index in [2.05, 4.69) is 15.9 Å². The Balaban J connectivity index is 2.89. The Morgan fingerprint density at radius 3 is 2.75 bits per heavy atom.